The highest BCUT2D eigenvalue weighted by atomic mass is 16.5. The van der Waals surface area contributed by atoms with Crippen molar-refractivity contribution < 1.29 is 9.53 Å². The van der Waals surface area contributed by atoms with Crippen molar-refractivity contribution in [2.24, 2.45) is 0 Å². The first-order valence-electron chi connectivity index (χ1n) is 10.1. The summed E-state index contributed by atoms with van der Waals surface area (Å²) in [5.74, 6) is 1.02. The third kappa shape index (κ3) is 4.35. The van der Waals surface area contributed by atoms with E-state index in [1.54, 1.807) is 0 Å². The third-order valence-corrected chi connectivity index (χ3v) is 6.03. The number of rotatable bonds is 6. The first-order valence-corrected chi connectivity index (χ1v) is 10.1. The fourth-order valence-corrected chi connectivity index (χ4v) is 3.91. The molecule has 0 saturated heterocycles. The van der Waals surface area contributed by atoms with E-state index in [9.17, 15) is 4.79 Å². The van der Waals surface area contributed by atoms with E-state index in [0.717, 1.165) is 37.0 Å². The minimum absolute atomic E-state index is 0.0158. The number of carbonyl (C=O) groups is 1. The van der Waals surface area contributed by atoms with Crippen LogP contribution < -0.4 is 10.1 Å². The van der Waals surface area contributed by atoms with Gasteiger partial charge in [0.25, 0.3) is 0 Å². The molecule has 2 aromatic carbocycles. The zero-order valence-corrected chi connectivity index (χ0v) is 17.0. The number of benzene rings is 2. The van der Waals surface area contributed by atoms with Crippen molar-refractivity contribution in [2.45, 2.75) is 71.4 Å². The number of para-hydroxylation sites is 1. The normalized spacial score (nSPS) is 17.7. The van der Waals surface area contributed by atoms with Crippen LogP contribution in [0.5, 0.6) is 5.75 Å². The van der Waals surface area contributed by atoms with E-state index in [0.29, 0.717) is 6.42 Å². The van der Waals surface area contributed by atoms with E-state index >= 15 is 0 Å². The predicted octanol–water partition coefficient (Wildman–Crippen LogP) is 5.43. The summed E-state index contributed by atoms with van der Waals surface area (Å²) in [6, 6.07) is 14.6. The minimum atomic E-state index is -0.194. The molecule has 0 radical (unpaired) electrons. The molecule has 144 valence electrons. The van der Waals surface area contributed by atoms with Crippen LogP contribution in [0.4, 0.5) is 0 Å². The van der Waals surface area contributed by atoms with Gasteiger partial charge < -0.3 is 10.1 Å². The Bertz CT molecular complexity index is 808. The second-order valence-electron chi connectivity index (χ2n) is 7.77. The number of ether oxygens (including phenoxy) is 1. The van der Waals surface area contributed by atoms with E-state index in [1.165, 1.54) is 16.7 Å². The van der Waals surface area contributed by atoms with Crippen molar-refractivity contribution in [3.05, 3.63) is 64.7 Å². The monoisotopic (exact) mass is 365 g/mol. The topological polar surface area (TPSA) is 38.3 Å². The van der Waals surface area contributed by atoms with Gasteiger partial charge in [0.1, 0.15) is 11.4 Å². The molecule has 1 amide bonds. The largest absolute Gasteiger partial charge is 0.487 e. The van der Waals surface area contributed by atoms with Crippen LogP contribution in [0.25, 0.3) is 0 Å². The average Bonchev–Trinajstić information content (AvgIpc) is 2.68. The molecule has 1 atom stereocenters. The van der Waals surface area contributed by atoms with Gasteiger partial charge >= 0.3 is 0 Å². The van der Waals surface area contributed by atoms with Crippen LogP contribution in [0.3, 0.4) is 0 Å². The maximum absolute atomic E-state index is 12.7. The number of hydrogen-bond donors (Lipinski definition) is 1. The highest BCUT2D eigenvalue weighted by molar-refractivity contribution is 5.77. The van der Waals surface area contributed by atoms with Crippen LogP contribution in [0.2, 0.25) is 0 Å². The minimum Gasteiger partial charge on any atom is -0.487 e. The van der Waals surface area contributed by atoms with Crippen LogP contribution in [0.15, 0.2) is 42.5 Å². The molecule has 3 nitrogen and oxygen atoms in total. The molecule has 0 fully saturated rings. The van der Waals surface area contributed by atoms with Crippen LogP contribution in [0.1, 0.15) is 67.8 Å². The van der Waals surface area contributed by atoms with Gasteiger partial charge in [-0.2, -0.15) is 0 Å². The highest BCUT2D eigenvalue weighted by Crippen LogP contribution is 2.42. The predicted molar refractivity (Wildman–Crippen MR) is 110 cm³/mol. The lowest BCUT2D eigenvalue weighted by atomic mass is 9.83. The van der Waals surface area contributed by atoms with Gasteiger partial charge in [-0.05, 0) is 55.9 Å². The second-order valence-corrected chi connectivity index (χ2v) is 7.77. The number of fused-ring (bicyclic) bond motifs is 1. The number of hydrogen-bond acceptors (Lipinski definition) is 2. The van der Waals surface area contributed by atoms with Gasteiger partial charge in [0, 0.05) is 18.4 Å². The van der Waals surface area contributed by atoms with E-state index in [1.807, 2.05) is 18.2 Å². The highest BCUT2D eigenvalue weighted by Gasteiger charge is 2.38. The van der Waals surface area contributed by atoms with Crippen molar-refractivity contribution in [2.75, 3.05) is 0 Å². The van der Waals surface area contributed by atoms with Crippen LogP contribution in [-0.4, -0.2) is 11.5 Å². The summed E-state index contributed by atoms with van der Waals surface area (Å²) in [6.07, 6.45) is 3.98. The van der Waals surface area contributed by atoms with Gasteiger partial charge in [0.2, 0.25) is 5.91 Å². The first kappa shape index (κ1) is 19.5. The lowest BCUT2D eigenvalue weighted by Crippen LogP contribution is -2.44. The van der Waals surface area contributed by atoms with Crippen molar-refractivity contribution >= 4 is 5.91 Å². The Balaban J connectivity index is 1.69. The van der Waals surface area contributed by atoms with Crippen LogP contribution in [0, 0.1) is 13.8 Å². The molecule has 3 heteroatoms. The number of nitrogens with one attached hydrogen (secondary N) is 1. The Kier molecular flexibility index (Phi) is 5.88. The maximum Gasteiger partial charge on any atom is 0.220 e. The third-order valence-electron chi connectivity index (χ3n) is 6.03. The lowest BCUT2D eigenvalue weighted by Gasteiger charge is -2.41. The molecule has 1 N–H and O–H groups in total. The van der Waals surface area contributed by atoms with Crippen LogP contribution >= 0.6 is 0 Å². The van der Waals surface area contributed by atoms with Gasteiger partial charge in [0.15, 0.2) is 0 Å². The SMILES string of the molecule is CCC1(CC)CC(NC(=O)CCc2ccc(C)c(C)c2)c2ccccc2O1. The molecule has 1 aliphatic heterocycles. The Morgan fingerprint density at radius 2 is 1.85 bits per heavy atom. The maximum atomic E-state index is 12.7. The standard InChI is InChI=1S/C24H31NO2/c1-5-24(6-2)16-21(20-9-7-8-10-22(20)27-24)25-23(26)14-13-19-12-11-17(3)18(4)15-19/h7-12,15,21H,5-6,13-14,16H2,1-4H3,(H,25,26). The van der Waals surface area contributed by atoms with Crippen molar-refractivity contribution in [3.63, 3.8) is 0 Å². The molecule has 0 bridgehead atoms. The fourth-order valence-electron chi connectivity index (χ4n) is 3.91. The van der Waals surface area contributed by atoms with Gasteiger partial charge in [0.05, 0.1) is 6.04 Å². The van der Waals surface area contributed by atoms with E-state index in [2.05, 4.69) is 57.3 Å². The Labute approximate surface area is 163 Å². The number of amides is 1. The Hall–Kier alpha value is -2.29. The van der Waals surface area contributed by atoms with Gasteiger partial charge in [-0.15, -0.1) is 0 Å². The molecule has 0 aliphatic carbocycles. The smallest absolute Gasteiger partial charge is 0.220 e. The summed E-state index contributed by atoms with van der Waals surface area (Å²) in [6.45, 7) is 8.56. The van der Waals surface area contributed by atoms with Crippen molar-refractivity contribution in [1.82, 2.24) is 5.32 Å². The van der Waals surface area contributed by atoms with E-state index in [4.69, 9.17) is 4.74 Å². The molecular weight excluding hydrogens is 334 g/mol. The molecule has 27 heavy (non-hydrogen) atoms. The quantitative estimate of drug-likeness (QED) is 0.741. The van der Waals surface area contributed by atoms with E-state index < -0.39 is 0 Å². The molecule has 0 saturated carbocycles. The molecule has 1 aliphatic rings. The number of aryl methyl sites for hydroxylation is 3. The van der Waals surface area contributed by atoms with E-state index in [-0.39, 0.29) is 17.6 Å². The summed E-state index contributed by atoms with van der Waals surface area (Å²) < 4.78 is 6.33. The zero-order chi connectivity index (χ0) is 19.4. The molecule has 1 unspecified atom stereocenters. The Morgan fingerprint density at radius 3 is 2.56 bits per heavy atom. The second kappa shape index (κ2) is 8.16. The van der Waals surface area contributed by atoms with Gasteiger partial charge in [-0.25, -0.2) is 0 Å². The van der Waals surface area contributed by atoms with Gasteiger partial charge in [-0.3, -0.25) is 4.79 Å². The summed E-state index contributed by atoms with van der Waals surface area (Å²) in [4.78, 5) is 12.7. The zero-order valence-electron chi connectivity index (χ0n) is 17.0. The van der Waals surface area contributed by atoms with Gasteiger partial charge in [-0.1, -0.05) is 50.2 Å². The summed E-state index contributed by atoms with van der Waals surface area (Å²) in [5.41, 5.74) is 4.69. The summed E-state index contributed by atoms with van der Waals surface area (Å²) in [7, 11) is 0. The molecule has 0 spiro atoms. The summed E-state index contributed by atoms with van der Waals surface area (Å²) in [5, 5.41) is 3.28. The summed E-state index contributed by atoms with van der Waals surface area (Å²) >= 11 is 0. The molecule has 0 aromatic heterocycles. The average molecular weight is 366 g/mol. The Morgan fingerprint density at radius 1 is 1.11 bits per heavy atom. The number of carbonyl (C=O) groups excluding carboxylic acids is 1. The lowest BCUT2D eigenvalue weighted by molar-refractivity contribution is -0.122. The van der Waals surface area contributed by atoms with Crippen LogP contribution in [-0.2, 0) is 11.2 Å². The fraction of sp³-hybridized carbons (Fsp3) is 0.458. The molecule has 2 aromatic rings. The molecule has 3 rings (SSSR count). The first-order chi connectivity index (χ1) is 13.0. The molecular formula is C24H31NO2. The molecule has 1 heterocycles. The van der Waals surface area contributed by atoms with Crippen molar-refractivity contribution in [3.8, 4) is 5.75 Å². The van der Waals surface area contributed by atoms with Crippen molar-refractivity contribution in [1.29, 1.82) is 0 Å².